The van der Waals surface area contributed by atoms with Crippen LogP contribution < -0.4 is 32.5 Å². The van der Waals surface area contributed by atoms with Crippen LogP contribution >= 0.6 is 11.3 Å². The first kappa shape index (κ1) is 30.4. The molecule has 3 rings (SSSR count). The largest absolute Gasteiger partial charge is 0.453 e. The Morgan fingerprint density at radius 1 is 1.18 bits per heavy atom. The number of hydrazine groups is 1. The van der Waals surface area contributed by atoms with Crippen molar-refractivity contribution in [3.05, 3.63) is 75.9 Å². The Bertz CT molecular complexity index is 1410. The van der Waals surface area contributed by atoms with Gasteiger partial charge in [0.25, 0.3) is 5.91 Å². The normalized spacial score (nSPS) is 11.9. The zero-order valence-corrected chi connectivity index (χ0v) is 23.0. The molecule has 0 fully saturated rings. The molecule has 1 heterocycles. The molecule has 1 aromatic heterocycles. The predicted molar refractivity (Wildman–Crippen MR) is 150 cm³/mol. The van der Waals surface area contributed by atoms with Gasteiger partial charge in [-0.05, 0) is 48.4 Å². The highest BCUT2D eigenvalue weighted by Gasteiger charge is 2.31. The van der Waals surface area contributed by atoms with E-state index in [1.165, 1.54) is 42.7 Å². The van der Waals surface area contributed by atoms with Crippen molar-refractivity contribution >= 4 is 45.5 Å². The summed E-state index contributed by atoms with van der Waals surface area (Å²) in [6.45, 7) is 5.74. The van der Waals surface area contributed by atoms with Gasteiger partial charge in [0.2, 0.25) is 0 Å². The van der Waals surface area contributed by atoms with Gasteiger partial charge in [0.1, 0.15) is 0 Å². The minimum absolute atomic E-state index is 0.0119. The maximum Gasteiger partial charge on any atom is 0.416 e. The fourth-order valence-electron chi connectivity index (χ4n) is 3.47. The maximum atomic E-state index is 13.5. The second-order valence-corrected chi connectivity index (χ2v) is 10.1. The predicted octanol–water partition coefficient (Wildman–Crippen LogP) is 5.04. The Morgan fingerprint density at radius 2 is 1.90 bits per heavy atom. The van der Waals surface area contributed by atoms with Crippen molar-refractivity contribution in [3.8, 4) is 0 Å². The first-order chi connectivity index (χ1) is 18.8. The van der Waals surface area contributed by atoms with Gasteiger partial charge in [-0.15, -0.1) is 0 Å². The quantitative estimate of drug-likeness (QED) is 0.176. The molecular formula is C26H30F3N7O3S. The Kier molecular flexibility index (Phi) is 9.74. The lowest BCUT2D eigenvalue weighted by molar-refractivity contribution is -0.137. The van der Waals surface area contributed by atoms with E-state index in [0.717, 1.165) is 23.5 Å². The van der Waals surface area contributed by atoms with E-state index in [1.54, 1.807) is 13.0 Å². The van der Waals surface area contributed by atoms with Crippen LogP contribution in [0.5, 0.6) is 0 Å². The van der Waals surface area contributed by atoms with Crippen LogP contribution in [-0.2, 0) is 17.5 Å². The zero-order valence-electron chi connectivity index (χ0n) is 22.2. The highest BCUT2D eigenvalue weighted by Crippen LogP contribution is 2.32. The van der Waals surface area contributed by atoms with E-state index in [9.17, 15) is 22.8 Å². The molecule has 0 spiro atoms. The second kappa shape index (κ2) is 12.8. The third-order valence-electron chi connectivity index (χ3n) is 5.50. The summed E-state index contributed by atoms with van der Waals surface area (Å²) in [5.74, 6) is 5.60. The summed E-state index contributed by atoms with van der Waals surface area (Å²) >= 11 is 1.10. The third kappa shape index (κ3) is 8.18. The second-order valence-electron chi connectivity index (χ2n) is 9.05. The summed E-state index contributed by atoms with van der Waals surface area (Å²) in [6, 6.07) is 8.20. The number of nitrogens with two attached hydrogens (primary N) is 2. The first-order valence-corrected chi connectivity index (χ1v) is 12.8. The lowest BCUT2D eigenvalue weighted by Crippen LogP contribution is -2.27. The molecule has 40 heavy (non-hydrogen) atoms. The molecule has 10 nitrogen and oxygen atoms in total. The van der Waals surface area contributed by atoms with Crippen LogP contribution in [0.15, 0.2) is 48.8 Å². The Balaban J connectivity index is 1.82. The Hall–Kier alpha value is -4.14. The van der Waals surface area contributed by atoms with Gasteiger partial charge >= 0.3 is 12.3 Å². The molecule has 0 saturated carbocycles. The highest BCUT2D eigenvalue weighted by atomic mass is 32.1. The molecule has 14 heteroatoms. The molecule has 0 unspecified atom stereocenters. The topological polar surface area (TPSA) is 148 Å². The van der Waals surface area contributed by atoms with Gasteiger partial charge in [-0.2, -0.15) is 13.2 Å². The molecule has 2 amide bonds. The average molecular weight is 578 g/mol. The van der Waals surface area contributed by atoms with Crippen LogP contribution in [0, 0.1) is 6.92 Å². The fourth-order valence-corrected chi connectivity index (χ4v) is 4.19. The number of anilines is 3. The molecule has 0 aliphatic heterocycles. The highest BCUT2D eigenvalue weighted by molar-refractivity contribution is 7.16. The molecule has 2 aromatic carbocycles. The van der Waals surface area contributed by atoms with E-state index in [0.29, 0.717) is 21.7 Å². The molecule has 3 aromatic rings. The molecular weight excluding hydrogens is 547 g/mol. The number of halogens is 3. The number of alkyl halides is 3. The van der Waals surface area contributed by atoms with E-state index < -0.39 is 23.7 Å². The molecule has 214 valence electrons. The van der Waals surface area contributed by atoms with Gasteiger partial charge in [0.05, 0.1) is 28.9 Å². The maximum absolute atomic E-state index is 13.5. The van der Waals surface area contributed by atoms with E-state index in [1.807, 2.05) is 13.8 Å². The zero-order chi connectivity index (χ0) is 29.6. The van der Waals surface area contributed by atoms with Crippen molar-refractivity contribution in [1.82, 2.24) is 10.3 Å². The van der Waals surface area contributed by atoms with E-state index >= 15 is 0 Å². The van der Waals surface area contributed by atoms with Gasteiger partial charge in [0, 0.05) is 36.2 Å². The van der Waals surface area contributed by atoms with Crippen LogP contribution in [0.25, 0.3) is 5.70 Å². The van der Waals surface area contributed by atoms with Crippen molar-refractivity contribution in [2.24, 2.45) is 11.6 Å². The van der Waals surface area contributed by atoms with Crippen molar-refractivity contribution < 1.29 is 27.5 Å². The third-order valence-corrected chi connectivity index (χ3v) is 6.47. The summed E-state index contributed by atoms with van der Waals surface area (Å²) in [7, 11) is 1.23. The van der Waals surface area contributed by atoms with Crippen LogP contribution in [0.4, 0.5) is 34.5 Å². The lowest BCUT2D eigenvalue weighted by atomic mass is 10.1. The number of aryl methyl sites for hydroxylation is 1. The molecule has 0 atom stereocenters. The molecule has 7 N–H and O–H groups in total. The van der Waals surface area contributed by atoms with Crippen LogP contribution in [0.2, 0.25) is 0 Å². The summed E-state index contributed by atoms with van der Waals surface area (Å²) in [4.78, 5) is 29.0. The van der Waals surface area contributed by atoms with Crippen LogP contribution in [-0.4, -0.2) is 30.1 Å². The van der Waals surface area contributed by atoms with Gasteiger partial charge in [0.15, 0.2) is 5.13 Å². The summed E-state index contributed by atoms with van der Waals surface area (Å²) < 4.78 is 45.0. The summed E-state index contributed by atoms with van der Waals surface area (Å²) in [5, 5.41) is 9.56. The number of hydrogen-bond donors (Lipinski definition) is 5. The van der Waals surface area contributed by atoms with Crippen molar-refractivity contribution in [3.63, 3.8) is 0 Å². The Morgan fingerprint density at radius 3 is 2.55 bits per heavy atom. The van der Waals surface area contributed by atoms with Gasteiger partial charge in [-0.25, -0.2) is 15.6 Å². The van der Waals surface area contributed by atoms with Crippen LogP contribution in [0.3, 0.4) is 0 Å². The summed E-state index contributed by atoms with van der Waals surface area (Å²) in [5.41, 5.74) is 7.23. The number of carbonyl (C=O) groups excluding carboxylic acids is 2. The average Bonchev–Trinajstić information content (AvgIpc) is 3.35. The van der Waals surface area contributed by atoms with Crippen LogP contribution in [0.1, 0.15) is 45.8 Å². The van der Waals surface area contributed by atoms with E-state index in [4.69, 9.17) is 11.6 Å². The van der Waals surface area contributed by atoms with Gasteiger partial charge < -0.3 is 21.1 Å². The van der Waals surface area contributed by atoms with Gasteiger partial charge in [-0.1, -0.05) is 31.3 Å². The SMILES string of the molecule is COC(=O)Nc1ncc(/C(N)=C/N(N)c2cc(C(=O)Nc3cc(CNC(C)C)cc(C(F)(F)F)c3)ccc2C)s1. The fraction of sp³-hybridized carbons (Fsp3) is 0.269. The smallest absolute Gasteiger partial charge is 0.416 e. The number of nitrogens with one attached hydrogen (secondary N) is 3. The summed E-state index contributed by atoms with van der Waals surface area (Å²) in [6.07, 6.45) is -2.39. The van der Waals surface area contributed by atoms with Crippen molar-refractivity contribution in [1.29, 1.82) is 0 Å². The van der Waals surface area contributed by atoms with Crippen molar-refractivity contribution in [2.75, 3.05) is 22.8 Å². The molecule has 0 aliphatic rings. The molecule has 0 radical (unpaired) electrons. The number of carbonyl (C=O) groups is 2. The first-order valence-electron chi connectivity index (χ1n) is 12.0. The monoisotopic (exact) mass is 577 g/mol. The number of methoxy groups -OCH3 is 1. The lowest BCUT2D eigenvalue weighted by Gasteiger charge is -2.19. The molecule has 0 bridgehead atoms. The van der Waals surface area contributed by atoms with Crippen molar-refractivity contribution in [2.45, 2.75) is 39.5 Å². The number of thiazole rings is 1. The number of hydrogen-bond acceptors (Lipinski definition) is 9. The number of rotatable bonds is 9. The number of amides is 2. The van der Waals surface area contributed by atoms with Gasteiger partial charge in [-0.3, -0.25) is 15.1 Å². The van der Waals surface area contributed by atoms with E-state index in [2.05, 4.69) is 25.7 Å². The van der Waals surface area contributed by atoms with E-state index in [-0.39, 0.29) is 34.7 Å². The molecule has 0 aliphatic carbocycles. The molecule has 0 saturated heterocycles. The number of nitrogens with zero attached hydrogens (tertiary/aromatic N) is 2. The Labute approximate surface area is 233 Å². The number of benzene rings is 2. The standard InChI is InChI=1S/C26H30F3N7O3S/c1-14(2)32-11-16-7-18(26(27,28)29)10-19(8-16)34-23(37)17-6-5-15(3)21(9-17)36(31)13-20(30)22-12-33-24(40-22)35-25(38)39-4/h5-10,12-14,32H,11,30-31H2,1-4H3,(H,34,37)(H,33,35,38)/b20-13-. The minimum Gasteiger partial charge on any atom is -0.453 e. The minimum atomic E-state index is -4.58. The number of aromatic nitrogens is 1. The number of ether oxygens (including phenoxy) is 1.